The minimum atomic E-state index is -0.488. The van der Waals surface area contributed by atoms with Gasteiger partial charge in [-0.2, -0.15) is 0 Å². The molecule has 28 heavy (non-hydrogen) atoms. The number of amidine groups is 1. The predicted octanol–water partition coefficient (Wildman–Crippen LogP) is 3.93. The van der Waals surface area contributed by atoms with Gasteiger partial charge in [0.15, 0.2) is 5.17 Å². The first-order valence-electron chi connectivity index (χ1n) is 8.42. The highest BCUT2D eigenvalue weighted by Gasteiger charge is 2.25. The van der Waals surface area contributed by atoms with Gasteiger partial charge < -0.3 is 14.8 Å². The summed E-state index contributed by atoms with van der Waals surface area (Å²) in [5.74, 6) is -0.0964. The number of aliphatic imine (C=N–C) groups is 1. The molecule has 3 rings (SSSR count). The number of rotatable bonds is 6. The van der Waals surface area contributed by atoms with Crippen LogP contribution in [0.2, 0.25) is 0 Å². The van der Waals surface area contributed by atoms with Crippen LogP contribution >= 0.6 is 11.8 Å². The summed E-state index contributed by atoms with van der Waals surface area (Å²) < 4.78 is 10.4. The molecule has 0 unspecified atom stereocenters. The highest BCUT2D eigenvalue weighted by molar-refractivity contribution is 8.18. The Balaban J connectivity index is 1.87. The molecule has 1 fully saturated rings. The number of methoxy groups -OCH3 is 1. The Hall–Kier alpha value is -3.32. The Morgan fingerprint density at radius 3 is 2.75 bits per heavy atom. The second kappa shape index (κ2) is 9.05. The summed E-state index contributed by atoms with van der Waals surface area (Å²) in [7, 11) is 1.31. The lowest BCUT2D eigenvalue weighted by atomic mass is 10.2. The van der Waals surface area contributed by atoms with Gasteiger partial charge in [0, 0.05) is 5.56 Å². The number of benzene rings is 2. The maximum absolute atomic E-state index is 12.3. The molecule has 1 heterocycles. The lowest BCUT2D eigenvalue weighted by Crippen LogP contribution is -2.19. The topological polar surface area (TPSA) is 77.0 Å². The lowest BCUT2D eigenvalue weighted by molar-refractivity contribution is -0.115. The Morgan fingerprint density at radius 2 is 1.96 bits per heavy atom. The Labute approximate surface area is 167 Å². The molecule has 1 saturated heterocycles. The summed E-state index contributed by atoms with van der Waals surface area (Å²) in [5.41, 5.74) is 1.53. The van der Waals surface area contributed by atoms with Crippen molar-refractivity contribution in [1.29, 1.82) is 0 Å². The first kappa shape index (κ1) is 19.4. The van der Waals surface area contributed by atoms with Crippen molar-refractivity contribution in [3.05, 3.63) is 77.2 Å². The van der Waals surface area contributed by atoms with Crippen LogP contribution in [0.25, 0.3) is 6.08 Å². The molecule has 0 radical (unpaired) electrons. The van der Waals surface area contributed by atoms with Crippen LogP contribution in [0.3, 0.4) is 0 Å². The van der Waals surface area contributed by atoms with E-state index in [-0.39, 0.29) is 5.91 Å². The highest BCUT2D eigenvalue weighted by Crippen LogP contribution is 2.31. The van der Waals surface area contributed by atoms with Crippen LogP contribution in [0.5, 0.6) is 5.75 Å². The van der Waals surface area contributed by atoms with Gasteiger partial charge in [-0.15, -0.1) is 0 Å². The van der Waals surface area contributed by atoms with Gasteiger partial charge in [0.25, 0.3) is 5.91 Å². The second-order valence-electron chi connectivity index (χ2n) is 5.63. The Morgan fingerprint density at radius 1 is 1.21 bits per heavy atom. The molecule has 0 spiro atoms. The third-order valence-electron chi connectivity index (χ3n) is 3.74. The normalized spacial score (nSPS) is 16.1. The fourth-order valence-corrected chi connectivity index (χ4v) is 3.29. The molecule has 0 bridgehead atoms. The smallest absolute Gasteiger partial charge is 0.340 e. The molecular weight excluding hydrogens is 376 g/mol. The van der Waals surface area contributed by atoms with Crippen molar-refractivity contribution in [2.75, 3.05) is 13.7 Å². The van der Waals surface area contributed by atoms with E-state index < -0.39 is 5.97 Å². The summed E-state index contributed by atoms with van der Waals surface area (Å²) in [5, 5.41) is 3.10. The number of amides is 1. The third kappa shape index (κ3) is 4.50. The number of carbonyl (C=O) groups excluding carboxylic acids is 2. The monoisotopic (exact) mass is 394 g/mol. The molecule has 1 aliphatic rings. The SMILES string of the molecule is C=CCOc1ccccc1/C=C1\SC(=Nc2ccccc2C(=O)OC)NC1=O. The van der Waals surface area contributed by atoms with E-state index in [1.807, 2.05) is 24.3 Å². The molecular formula is C21H18N2O4S. The van der Waals surface area contributed by atoms with Gasteiger partial charge in [-0.05, 0) is 36.0 Å². The number of carbonyl (C=O) groups is 2. The van der Waals surface area contributed by atoms with E-state index in [0.29, 0.717) is 33.7 Å². The van der Waals surface area contributed by atoms with Crippen molar-refractivity contribution >= 4 is 40.6 Å². The third-order valence-corrected chi connectivity index (χ3v) is 4.65. The number of nitrogens with one attached hydrogen (secondary N) is 1. The van der Waals surface area contributed by atoms with Gasteiger partial charge in [-0.25, -0.2) is 9.79 Å². The number of hydrogen-bond donors (Lipinski definition) is 1. The molecule has 0 atom stereocenters. The molecule has 2 aromatic carbocycles. The second-order valence-corrected chi connectivity index (χ2v) is 6.66. The summed E-state index contributed by atoms with van der Waals surface area (Å²) in [6.07, 6.45) is 3.40. The van der Waals surface area contributed by atoms with Crippen LogP contribution in [0.1, 0.15) is 15.9 Å². The summed E-state index contributed by atoms with van der Waals surface area (Å²) >= 11 is 1.19. The molecule has 2 aromatic rings. The number of hydrogen-bond acceptors (Lipinski definition) is 6. The predicted molar refractivity (Wildman–Crippen MR) is 111 cm³/mol. The summed E-state index contributed by atoms with van der Waals surface area (Å²) in [6, 6.07) is 14.2. The maximum Gasteiger partial charge on any atom is 0.340 e. The number of thioether (sulfide) groups is 1. The van der Waals surface area contributed by atoms with E-state index in [2.05, 4.69) is 16.9 Å². The maximum atomic E-state index is 12.3. The summed E-state index contributed by atoms with van der Waals surface area (Å²) in [6.45, 7) is 4.01. The van der Waals surface area contributed by atoms with Crippen LogP contribution in [0.4, 0.5) is 5.69 Å². The quantitative estimate of drug-likeness (QED) is 0.456. The molecule has 1 aliphatic heterocycles. The van der Waals surface area contributed by atoms with Gasteiger partial charge in [0.05, 0.1) is 23.3 Å². The summed E-state index contributed by atoms with van der Waals surface area (Å²) in [4.78, 5) is 29.1. The van der Waals surface area contributed by atoms with E-state index in [1.54, 1.807) is 36.4 Å². The van der Waals surface area contributed by atoms with E-state index in [4.69, 9.17) is 9.47 Å². The number of nitrogens with zero attached hydrogens (tertiary/aromatic N) is 1. The standard InChI is InChI=1S/C21H18N2O4S/c1-3-12-27-17-11-7-4-8-14(17)13-18-19(24)23-21(28-18)22-16-10-6-5-9-15(16)20(25)26-2/h3-11,13H,1,12H2,2H3,(H,22,23,24)/b18-13-. The van der Waals surface area contributed by atoms with Crippen molar-refractivity contribution in [3.8, 4) is 5.75 Å². The van der Waals surface area contributed by atoms with E-state index in [1.165, 1.54) is 18.9 Å². The Kier molecular flexibility index (Phi) is 6.29. The van der Waals surface area contributed by atoms with Crippen molar-refractivity contribution in [2.24, 2.45) is 4.99 Å². The van der Waals surface area contributed by atoms with Gasteiger partial charge in [-0.1, -0.05) is 43.0 Å². The van der Waals surface area contributed by atoms with Crippen LogP contribution < -0.4 is 10.1 Å². The lowest BCUT2D eigenvalue weighted by Gasteiger charge is -2.06. The zero-order valence-corrected chi connectivity index (χ0v) is 16.0. The molecule has 1 N–H and O–H groups in total. The molecule has 0 aliphatic carbocycles. The van der Waals surface area contributed by atoms with E-state index in [9.17, 15) is 9.59 Å². The average Bonchev–Trinajstić information content (AvgIpc) is 3.06. The van der Waals surface area contributed by atoms with Crippen LogP contribution in [0, 0.1) is 0 Å². The van der Waals surface area contributed by atoms with Gasteiger partial charge >= 0.3 is 5.97 Å². The molecule has 0 saturated carbocycles. The fraction of sp³-hybridized carbons (Fsp3) is 0.0952. The van der Waals surface area contributed by atoms with Crippen molar-refractivity contribution in [3.63, 3.8) is 0 Å². The van der Waals surface area contributed by atoms with Crippen LogP contribution in [-0.4, -0.2) is 30.8 Å². The van der Waals surface area contributed by atoms with Gasteiger partial charge in [0.2, 0.25) is 0 Å². The first-order chi connectivity index (χ1) is 13.6. The van der Waals surface area contributed by atoms with E-state index in [0.717, 1.165) is 5.56 Å². The van der Waals surface area contributed by atoms with Crippen molar-refractivity contribution in [1.82, 2.24) is 5.32 Å². The van der Waals surface area contributed by atoms with Gasteiger partial charge in [0.1, 0.15) is 12.4 Å². The molecule has 7 heteroatoms. The largest absolute Gasteiger partial charge is 0.489 e. The first-order valence-corrected chi connectivity index (χ1v) is 9.23. The minimum absolute atomic E-state index is 0.266. The van der Waals surface area contributed by atoms with Crippen LogP contribution in [0.15, 0.2) is 71.1 Å². The molecule has 142 valence electrons. The van der Waals surface area contributed by atoms with Gasteiger partial charge in [-0.3, -0.25) is 4.79 Å². The minimum Gasteiger partial charge on any atom is -0.489 e. The Bertz CT molecular complexity index is 982. The zero-order chi connectivity index (χ0) is 19.9. The zero-order valence-electron chi connectivity index (χ0n) is 15.2. The number of para-hydroxylation sites is 2. The molecule has 0 aromatic heterocycles. The van der Waals surface area contributed by atoms with Crippen molar-refractivity contribution < 1.29 is 19.1 Å². The molecule has 6 nitrogen and oxygen atoms in total. The van der Waals surface area contributed by atoms with E-state index >= 15 is 0 Å². The number of esters is 1. The average molecular weight is 394 g/mol. The van der Waals surface area contributed by atoms with Crippen molar-refractivity contribution in [2.45, 2.75) is 0 Å². The fourth-order valence-electron chi connectivity index (χ4n) is 2.46. The molecule has 1 amide bonds. The number of ether oxygens (including phenoxy) is 2. The highest BCUT2D eigenvalue weighted by atomic mass is 32.2. The van der Waals surface area contributed by atoms with Crippen LogP contribution in [-0.2, 0) is 9.53 Å².